The molecule has 0 saturated carbocycles. The van der Waals surface area contributed by atoms with E-state index in [4.69, 9.17) is 13.7 Å². The molecule has 0 radical (unpaired) electrons. The topological polar surface area (TPSA) is 93.8 Å². The first kappa shape index (κ1) is 23.7. The third-order valence-electron chi connectivity index (χ3n) is 4.49. The molecule has 27 heavy (non-hydrogen) atoms. The Morgan fingerprint density at radius 2 is 1.74 bits per heavy atom. The lowest BCUT2D eigenvalue weighted by molar-refractivity contribution is -0.151. The second kappa shape index (κ2) is 13.8. The lowest BCUT2D eigenvalue weighted by atomic mass is 10.0. The molecule has 0 spiro atoms. The summed E-state index contributed by atoms with van der Waals surface area (Å²) in [5.74, 6) is -0.0595. The van der Waals surface area contributed by atoms with Crippen molar-refractivity contribution in [2.45, 2.75) is 90.1 Å². The van der Waals surface area contributed by atoms with Gasteiger partial charge >= 0.3 is 5.97 Å². The molecular weight excluding hydrogens is 368 g/mol. The van der Waals surface area contributed by atoms with E-state index >= 15 is 0 Å². The van der Waals surface area contributed by atoms with Crippen molar-refractivity contribution in [1.82, 2.24) is 0 Å². The summed E-state index contributed by atoms with van der Waals surface area (Å²) in [6.07, 6.45) is 12.3. The summed E-state index contributed by atoms with van der Waals surface area (Å²) >= 11 is 0. The molecule has 1 unspecified atom stereocenters. The first-order chi connectivity index (χ1) is 12.9. The maximum Gasteiger partial charge on any atom is 0.306 e. The molecule has 0 saturated heterocycles. The van der Waals surface area contributed by atoms with E-state index < -0.39 is 16.2 Å². The highest BCUT2D eigenvalue weighted by molar-refractivity contribution is 7.85. The highest BCUT2D eigenvalue weighted by Crippen LogP contribution is 2.25. The van der Waals surface area contributed by atoms with Gasteiger partial charge in [-0.05, 0) is 37.8 Å². The van der Waals surface area contributed by atoms with Gasteiger partial charge in [-0.25, -0.2) is 0 Å². The van der Waals surface area contributed by atoms with Crippen molar-refractivity contribution in [3.05, 3.63) is 24.2 Å². The third-order valence-corrected chi connectivity index (χ3v) is 5.29. The van der Waals surface area contributed by atoms with Crippen molar-refractivity contribution in [3.8, 4) is 0 Å². The van der Waals surface area contributed by atoms with Crippen molar-refractivity contribution >= 4 is 16.1 Å². The lowest BCUT2D eigenvalue weighted by Gasteiger charge is -2.16. The van der Waals surface area contributed by atoms with E-state index in [9.17, 15) is 13.2 Å². The zero-order valence-electron chi connectivity index (χ0n) is 16.4. The first-order valence-electron chi connectivity index (χ1n) is 10.1. The molecule has 0 fully saturated rings. The summed E-state index contributed by atoms with van der Waals surface area (Å²) in [4.78, 5) is 12.0. The second-order valence-corrected chi connectivity index (χ2v) is 8.57. The summed E-state index contributed by atoms with van der Waals surface area (Å²) in [5.41, 5.74) is 0. The molecule has 1 atom stereocenters. The normalized spacial score (nSPS) is 12.8. The number of carbonyl (C=O) groups excluding carboxylic acids is 1. The van der Waals surface area contributed by atoms with Gasteiger partial charge in [0, 0.05) is 6.42 Å². The SMILES string of the molecule is CCCCCCCCCCC(OC(=O)CCCCS(=O)(=O)O)c1ccco1. The molecule has 0 aliphatic heterocycles. The largest absolute Gasteiger partial charge is 0.465 e. The van der Waals surface area contributed by atoms with Crippen molar-refractivity contribution in [2.24, 2.45) is 0 Å². The summed E-state index contributed by atoms with van der Waals surface area (Å²) in [6.45, 7) is 2.21. The fourth-order valence-electron chi connectivity index (χ4n) is 2.97. The predicted molar refractivity (Wildman–Crippen MR) is 105 cm³/mol. The van der Waals surface area contributed by atoms with E-state index in [0.717, 1.165) is 19.3 Å². The summed E-state index contributed by atoms with van der Waals surface area (Å²) < 4.78 is 41.0. The van der Waals surface area contributed by atoms with Crippen LogP contribution in [0.3, 0.4) is 0 Å². The molecule has 0 bridgehead atoms. The van der Waals surface area contributed by atoms with Crippen LogP contribution in [0.1, 0.15) is 95.8 Å². The Hall–Kier alpha value is -1.34. The molecule has 0 aliphatic carbocycles. The van der Waals surface area contributed by atoms with Crippen molar-refractivity contribution in [1.29, 1.82) is 0 Å². The van der Waals surface area contributed by atoms with E-state index in [1.54, 1.807) is 18.4 Å². The van der Waals surface area contributed by atoms with Crippen molar-refractivity contribution in [3.63, 3.8) is 0 Å². The van der Waals surface area contributed by atoms with Gasteiger partial charge in [0.15, 0.2) is 6.10 Å². The molecule has 6 nitrogen and oxygen atoms in total. The number of furan rings is 1. The summed E-state index contributed by atoms with van der Waals surface area (Å²) in [7, 11) is -3.97. The minimum absolute atomic E-state index is 0.129. The Morgan fingerprint density at radius 1 is 1.07 bits per heavy atom. The van der Waals surface area contributed by atoms with Crippen LogP contribution in [-0.4, -0.2) is 24.7 Å². The number of esters is 1. The van der Waals surface area contributed by atoms with E-state index in [0.29, 0.717) is 12.2 Å². The van der Waals surface area contributed by atoms with Crippen LogP contribution in [0.15, 0.2) is 22.8 Å². The van der Waals surface area contributed by atoms with Gasteiger partial charge in [-0.15, -0.1) is 0 Å². The number of hydrogen-bond acceptors (Lipinski definition) is 5. The zero-order chi connectivity index (χ0) is 20.0. The van der Waals surface area contributed by atoms with Crippen LogP contribution in [0.4, 0.5) is 0 Å². The Morgan fingerprint density at radius 3 is 2.33 bits per heavy atom. The average Bonchev–Trinajstić information content (AvgIpc) is 3.14. The van der Waals surface area contributed by atoms with Gasteiger partial charge < -0.3 is 9.15 Å². The van der Waals surface area contributed by atoms with Crippen molar-refractivity contribution < 1.29 is 26.9 Å². The molecule has 1 N–H and O–H groups in total. The molecule has 1 aromatic rings. The molecule has 1 heterocycles. The number of ether oxygens (including phenoxy) is 1. The Labute approximate surface area is 163 Å². The molecule has 0 amide bonds. The van der Waals surface area contributed by atoms with E-state index in [-0.39, 0.29) is 24.6 Å². The number of hydrogen-bond donors (Lipinski definition) is 1. The van der Waals surface area contributed by atoms with Crippen LogP contribution in [0.5, 0.6) is 0 Å². The van der Waals surface area contributed by atoms with Crippen LogP contribution in [0.2, 0.25) is 0 Å². The van der Waals surface area contributed by atoms with Gasteiger partial charge in [-0.2, -0.15) is 8.42 Å². The van der Waals surface area contributed by atoms with Gasteiger partial charge in [-0.3, -0.25) is 9.35 Å². The predicted octanol–water partition coefficient (Wildman–Crippen LogP) is 5.45. The molecule has 1 rings (SSSR count). The van der Waals surface area contributed by atoms with Crippen LogP contribution in [-0.2, 0) is 19.6 Å². The monoisotopic (exact) mass is 402 g/mol. The second-order valence-electron chi connectivity index (χ2n) is 7.00. The van der Waals surface area contributed by atoms with Gasteiger partial charge in [-0.1, -0.05) is 51.9 Å². The highest BCUT2D eigenvalue weighted by Gasteiger charge is 2.19. The average molecular weight is 403 g/mol. The number of rotatable bonds is 16. The number of carbonyl (C=O) groups is 1. The van der Waals surface area contributed by atoms with Gasteiger partial charge in [0.05, 0.1) is 12.0 Å². The smallest absolute Gasteiger partial charge is 0.306 e. The molecule has 0 aliphatic rings. The molecule has 7 heteroatoms. The minimum atomic E-state index is -3.97. The quantitative estimate of drug-likeness (QED) is 0.224. The van der Waals surface area contributed by atoms with Crippen LogP contribution >= 0.6 is 0 Å². The molecule has 156 valence electrons. The van der Waals surface area contributed by atoms with Crippen LogP contribution < -0.4 is 0 Å². The molecule has 0 aromatic carbocycles. The fraction of sp³-hybridized carbons (Fsp3) is 0.750. The summed E-state index contributed by atoms with van der Waals surface area (Å²) in [5, 5.41) is 0. The maximum absolute atomic E-state index is 12.0. The van der Waals surface area contributed by atoms with Crippen molar-refractivity contribution in [2.75, 3.05) is 5.75 Å². The summed E-state index contributed by atoms with van der Waals surface area (Å²) in [6, 6.07) is 3.58. The minimum Gasteiger partial charge on any atom is -0.465 e. The van der Waals surface area contributed by atoms with E-state index in [1.165, 1.54) is 38.5 Å². The van der Waals surface area contributed by atoms with E-state index in [2.05, 4.69) is 6.92 Å². The standard InChI is InChI=1S/C20H34O6S/c1-2-3-4-5-6-7-8-9-13-19(18-14-12-16-25-18)26-20(21)15-10-11-17-27(22,23)24/h12,14,16,19H,2-11,13,15,17H2,1H3,(H,22,23,24). The fourth-order valence-corrected chi connectivity index (χ4v) is 3.54. The molecular formula is C20H34O6S. The Balaban J connectivity index is 2.28. The Bertz CT molecular complexity index is 594. The zero-order valence-corrected chi connectivity index (χ0v) is 17.2. The molecule has 1 aromatic heterocycles. The van der Waals surface area contributed by atoms with Gasteiger partial charge in [0.1, 0.15) is 5.76 Å². The van der Waals surface area contributed by atoms with Gasteiger partial charge in [0.25, 0.3) is 10.1 Å². The third kappa shape index (κ3) is 12.6. The highest BCUT2D eigenvalue weighted by atomic mass is 32.2. The van der Waals surface area contributed by atoms with Gasteiger partial charge in [0.2, 0.25) is 0 Å². The van der Waals surface area contributed by atoms with Crippen LogP contribution in [0, 0.1) is 0 Å². The maximum atomic E-state index is 12.0. The van der Waals surface area contributed by atoms with Crippen LogP contribution in [0.25, 0.3) is 0 Å². The lowest BCUT2D eigenvalue weighted by Crippen LogP contribution is -2.12. The number of unbranched alkanes of at least 4 members (excludes halogenated alkanes) is 8. The first-order valence-corrected chi connectivity index (χ1v) is 11.7. The van der Waals surface area contributed by atoms with E-state index in [1.807, 2.05) is 0 Å². The Kier molecular flexibility index (Phi) is 12.1.